The van der Waals surface area contributed by atoms with E-state index in [0.717, 1.165) is 12.0 Å². The lowest BCUT2D eigenvalue weighted by atomic mass is 10.00. The molecule has 0 aliphatic heterocycles. The number of carbonyl (C=O) groups is 1. The first-order valence-electron chi connectivity index (χ1n) is 7.68. The third-order valence-corrected chi connectivity index (χ3v) is 3.41. The fourth-order valence-electron chi connectivity index (χ4n) is 2.16. The number of hydrogen-bond donors (Lipinski definition) is 1. The fraction of sp³-hybridized carbons (Fsp3) is 0.588. The summed E-state index contributed by atoms with van der Waals surface area (Å²) < 4.78 is 15.7. The van der Waals surface area contributed by atoms with Crippen molar-refractivity contribution >= 4 is 5.91 Å². The first-order chi connectivity index (χ1) is 10.6. The second kappa shape index (κ2) is 10.1. The molecule has 124 valence electrons. The minimum Gasteiger partial charge on any atom is -0.493 e. The summed E-state index contributed by atoms with van der Waals surface area (Å²) in [6.45, 7) is 5.93. The third-order valence-electron chi connectivity index (χ3n) is 3.41. The summed E-state index contributed by atoms with van der Waals surface area (Å²) >= 11 is 0. The van der Waals surface area contributed by atoms with Crippen LogP contribution in [0.4, 0.5) is 0 Å². The van der Waals surface area contributed by atoms with Crippen molar-refractivity contribution in [3.05, 3.63) is 23.8 Å². The first-order valence-corrected chi connectivity index (χ1v) is 7.68. The molecule has 1 atom stereocenters. The molecule has 0 aromatic heterocycles. The molecule has 5 nitrogen and oxygen atoms in total. The average molecular weight is 309 g/mol. The highest BCUT2D eigenvalue weighted by Gasteiger charge is 2.14. The van der Waals surface area contributed by atoms with Gasteiger partial charge in [0.15, 0.2) is 11.5 Å². The van der Waals surface area contributed by atoms with Gasteiger partial charge in [-0.3, -0.25) is 4.79 Å². The smallest absolute Gasteiger partial charge is 0.223 e. The number of hydrogen-bond acceptors (Lipinski definition) is 4. The van der Waals surface area contributed by atoms with Crippen LogP contribution in [0.3, 0.4) is 0 Å². The van der Waals surface area contributed by atoms with Gasteiger partial charge in [0.05, 0.1) is 14.2 Å². The highest BCUT2D eigenvalue weighted by molar-refractivity contribution is 5.78. The first kappa shape index (κ1) is 18.3. The number of rotatable bonds is 10. The lowest BCUT2D eigenvalue weighted by Gasteiger charge is -2.14. The lowest BCUT2D eigenvalue weighted by Crippen LogP contribution is -2.31. The van der Waals surface area contributed by atoms with Gasteiger partial charge in [-0.2, -0.15) is 0 Å². The molecule has 0 spiro atoms. The van der Waals surface area contributed by atoms with Crippen LogP contribution in [-0.4, -0.2) is 39.9 Å². The lowest BCUT2D eigenvalue weighted by molar-refractivity contribution is -0.124. The highest BCUT2D eigenvalue weighted by Crippen LogP contribution is 2.28. The van der Waals surface area contributed by atoms with Gasteiger partial charge in [-0.05, 0) is 37.5 Å². The maximum atomic E-state index is 12.0. The third kappa shape index (κ3) is 5.93. The van der Waals surface area contributed by atoms with Crippen molar-refractivity contribution in [2.75, 3.05) is 34.0 Å². The van der Waals surface area contributed by atoms with Crippen LogP contribution in [0.15, 0.2) is 18.2 Å². The molecular weight excluding hydrogens is 282 g/mol. The zero-order valence-electron chi connectivity index (χ0n) is 14.0. The van der Waals surface area contributed by atoms with E-state index in [1.54, 1.807) is 14.2 Å². The zero-order chi connectivity index (χ0) is 16.4. The van der Waals surface area contributed by atoms with Gasteiger partial charge in [0.1, 0.15) is 0 Å². The fourth-order valence-corrected chi connectivity index (χ4v) is 2.16. The Morgan fingerprint density at radius 3 is 2.59 bits per heavy atom. The number of nitrogens with one attached hydrogen (secondary N) is 1. The largest absolute Gasteiger partial charge is 0.493 e. The average Bonchev–Trinajstić information content (AvgIpc) is 2.54. The summed E-state index contributed by atoms with van der Waals surface area (Å²) in [6, 6.07) is 5.73. The van der Waals surface area contributed by atoms with Gasteiger partial charge in [0, 0.05) is 25.7 Å². The molecule has 1 aromatic rings. The number of amides is 1. The zero-order valence-corrected chi connectivity index (χ0v) is 14.0. The van der Waals surface area contributed by atoms with Gasteiger partial charge in [-0.1, -0.05) is 13.0 Å². The molecular formula is C17H27NO4. The molecule has 0 fully saturated rings. The Balaban J connectivity index is 2.46. The van der Waals surface area contributed by atoms with Crippen molar-refractivity contribution in [2.24, 2.45) is 5.92 Å². The quantitative estimate of drug-likeness (QED) is 0.674. The van der Waals surface area contributed by atoms with E-state index in [2.05, 4.69) is 5.32 Å². The number of benzene rings is 1. The summed E-state index contributed by atoms with van der Waals surface area (Å²) in [5.41, 5.74) is 1.05. The topological polar surface area (TPSA) is 56.8 Å². The van der Waals surface area contributed by atoms with Crippen LogP contribution in [0.25, 0.3) is 0 Å². The monoisotopic (exact) mass is 309 g/mol. The van der Waals surface area contributed by atoms with Crippen molar-refractivity contribution in [3.63, 3.8) is 0 Å². The van der Waals surface area contributed by atoms with Gasteiger partial charge >= 0.3 is 0 Å². The Morgan fingerprint density at radius 1 is 1.23 bits per heavy atom. The molecule has 0 aliphatic carbocycles. The van der Waals surface area contributed by atoms with Gasteiger partial charge in [0.25, 0.3) is 0 Å². The number of ether oxygens (including phenoxy) is 3. The number of methoxy groups -OCH3 is 2. The van der Waals surface area contributed by atoms with E-state index in [1.807, 2.05) is 32.0 Å². The van der Waals surface area contributed by atoms with E-state index in [0.29, 0.717) is 37.7 Å². The van der Waals surface area contributed by atoms with Crippen LogP contribution < -0.4 is 14.8 Å². The normalized spacial score (nSPS) is 11.8. The summed E-state index contributed by atoms with van der Waals surface area (Å²) in [4.78, 5) is 12.0. The second-order valence-corrected chi connectivity index (χ2v) is 5.14. The van der Waals surface area contributed by atoms with Crippen molar-refractivity contribution in [2.45, 2.75) is 26.7 Å². The van der Waals surface area contributed by atoms with Gasteiger partial charge in [-0.25, -0.2) is 0 Å². The molecule has 1 rings (SSSR count). The maximum Gasteiger partial charge on any atom is 0.223 e. The molecule has 1 N–H and O–H groups in total. The Kier molecular flexibility index (Phi) is 8.36. The van der Waals surface area contributed by atoms with E-state index in [-0.39, 0.29) is 11.8 Å². The molecule has 0 bridgehead atoms. The Bertz CT molecular complexity index is 462. The van der Waals surface area contributed by atoms with Crippen LogP contribution in [0, 0.1) is 5.92 Å². The van der Waals surface area contributed by atoms with Crippen LogP contribution in [0.5, 0.6) is 11.5 Å². The summed E-state index contributed by atoms with van der Waals surface area (Å²) in [6.07, 6.45) is 1.50. The molecule has 0 heterocycles. The van der Waals surface area contributed by atoms with Crippen LogP contribution in [-0.2, 0) is 16.0 Å². The predicted octanol–water partition coefficient (Wildman–Crippen LogP) is 2.43. The predicted molar refractivity (Wildman–Crippen MR) is 86.5 cm³/mol. The van der Waals surface area contributed by atoms with E-state index >= 15 is 0 Å². The summed E-state index contributed by atoms with van der Waals surface area (Å²) in [7, 11) is 3.21. The standard InChI is InChI=1S/C17H27NO4/c1-5-22-10-6-9-18-17(19)13(2)11-14-7-8-15(20-3)16(12-14)21-4/h7-8,12-13H,5-6,9-11H2,1-4H3,(H,18,19). The maximum absolute atomic E-state index is 12.0. The van der Waals surface area contributed by atoms with E-state index in [1.165, 1.54) is 0 Å². The van der Waals surface area contributed by atoms with Crippen LogP contribution in [0.2, 0.25) is 0 Å². The van der Waals surface area contributed by atoms with E-state index in [4.69, 9.17) is 14.2 Å². The molecule has 0 saturated heterocycles. The molecule has 0 radical (unpaired) electrons. The van der Waals surface area contributed by atoms with E-state index in [9.17, 15) is 4.79 Å². The molecule has 1 aromatic carbocycles. The van der Waals surface area contributed by atoms with Crippen molar-refractivity contribution in [3.8, 4) is 11.5 Å². The van der Waals surface area contributed by atoms with Gasteiger partial charge in [-0.15, -0.1) is 0 Å². The molecule has 22 heavy (non-hydrogen) atoms. The summed E-state index contributed by atoms with van der Waals surface area (Å²) in [5.74, 6) is 1.35. The SMILES string of the molecule is CCOCCCNC(=O)C(C)Cc1ccc(OC)c(OC)c1. The Labute approximate surface area is 132 Å². The second-order valence-electron chi connectivity index (χ2n) is 5.14. The van der Waals surface area contributed by atoms with Crippen molar-refractivity contribution < 1.29 is 19.0 Å². The minimum atomic E-state index is -0.0924. The van der Waals surface area contributed by atoms with Gasteiger partial charge < -0.3 is 19.5 Å². The Morgan fingerprint density at radius 2 is 1.95 bits per heavy atom. The molecule has 1 unspecified atom stereocenters. The van der Waals surface area contributed by atoms with Gasteiger partial charge in [0.2, 0.25) is 5.91 Å². The molecule has 1 amide bonds. The van der Waals surface area contributed by atoms with Crippen molar-refractivity contribution in [1.29, 1.82) is 0 Å². The molecule has 5 heteroatoms. The Hall–Kier alpha value is -1.75. The van der Waals surface area contributed by atoms with Crippen LogP contribution in [0.1, 0.15) is 25.8 Å². The summed E-state index contributed by atoms with van der Waals surface area (Å²) in [5, 5.41) is 2.94. The molecule has 0 aliphatic rings. The minimum absolute atomic E-state index is 0.0614. The highest BCUT2D eigenvalue weighted by atomic mass is 16.5. The number of carbonyl (C=O) groups excluding carboxylic acids is 1. The molecule has 0 saturated carbocycles. The van der Waals surface area contributed by atoms with Crippen LogP contribution >= 0.6 is 0 Å². The van der Waals surface area contributed by atoms with Crippen molar-refractivity contribution in [1.82, 2.24) is 5.32 Å². The van der Waals surface area contributed by atoms with E-state index < -0.39 is 0 Å².